The molecule has 0 aromatic carbocycles. The Bertz CT molecular complexity index is 1080. The van der Waals surface area contributed by atoms with Crippen molar-refractivity contribution in [3.05, 3.63) is 35.4 Å². The summed E-state index contributed by atoms with van der Waals surface area (Å²) in [6.07, 6.45) is 2.53. The van der Waals surface area contributed by atoms with Crippen molar-refractivity contribution in [3.8, 4) is 5.82 Å². The first-order valence-electron chi connectivity index (χ1n) is 12.4. The molecule has 3 rings (SSSR count). The molecule has 1 aliphatic heterocycles. The van der Waals surface area contributed by atoms with E-state index in [4.69, 9.17) is 18.3 Å². The Morgan fingerprint density at radius 2 is 1.67 bits per heavy atom. The molecule has 1 aliphatic rings. The minimum absolute atomic E-state index is 0.00788. The highest BCUT2D eigenvalue weighted by Crippen LogP contribution is 2.43. The second kappa shape index (κ2) is 10.2. The summed E-state index contributed by atoms with van der Waals surface area (Å²) in [4.78, 5) is 21.2. The fraction of sp³-hybridized carbons (Fsp3) is 0.750. The van der Waals surface area contributed by atoms with E-state index < -0.39 is 46.9 Å². The van der Waals surface area contributed by atoms with Gasteiger partial charge < -0.3 is 18.3 Å². The molecule has 0 saturated carbocycles. The quantitative estimate of drug-likeness (QED) is 0.463. The van der Waals surface area contributed by atoms with Crippen LogP contribution in [0.25, 0.3) is 5.82 Å². The number of nitrogens with zero attached hydrogens (tertiary/aromatic N) is 5. The second-order valence-corrected chi connectivity index (χ2v) is 22.1. The van der Waals surface area contributed by atoms with Crippen molar-refractivity contribution in [1.29, 1.82) is 0 Å². The average Bonchev–Trinajstić information content (AvgIpc) is 3.39. The maximum Gasteiger partial charge on any atom is 0.351 e. The van der Waals surface area contributed by atoms with Crippen LogP contribution in [-0.2, 0) is 18.3 Å². The van der Waals surface area contributed by atoms with Crippen LogP contribution in [0.1, 0.15) is 47.8 Å². The van der Waals surface area contributed by atoms with E-state index in [0.29, 0.717) is 12.4 Å². The van der Waals surface area contributed by atoms with E-state index in [1.54, 1.807) is 19.4 Å². The maximum atomic E-state index is 13.1. The summed E-state index contributed by atoms with van der Waals surface area (Å²) in [6, 6.07) is 1.70. The van der Waals surface area contributed by atoms with Crippen LogP contribution in [0.5, 0.6) is 0 Å². The Hall–Kier alpha value is -1.71. The average molecular weight is 538 g/mol. The molecular formula is C24H43N5O5Si2. The summed E-state index contributed by atoms with van der Waals surface area (Å²) in [5.41, 5.74) is -0.466. The summed E-state index contributed by atoms with van der Waals surface area (Å²) in [6.45, 7) is 22.4. The van der Waals surface area contributed by atoms with Crippen LogP contribution in [0.2, 0.25) is 36.3 Å². The topological polar surface area (TPSA) is 103 Å². The van der Waals surface area contributed by atoms with Crippen LogP contribution in [-0.4, -0.2) is 73.0 Å². The van der Waals surface area contributed by atoms with Gasteiger partial charge in [-0.15, -0.1) is 0 Å². The van der Waals surface area contributed by atoms with Gasteiger partial charge in [0.25, 0.3) is 0 Å². The van der Waals surface area contributed by atoms with Crippen molar-refractivity contribution in [3.63, 3.8) is 0 Å². The first kappa shape index (κ1) is 28.9. The van der Waals surface area contributed by atoms with E-state index >= 15 is 0 Å². The van der Waals surface area contributed by atoms with Crippen LogP contribution in [0.3, 0.4) is 0 Å². The zero-order chi connectivity index (χ0) is 27.1. The molecule has 0 radical (unpaired) electrons. The van der Waals surface area contributed by atoms with Gasteiger partial charge in [-0.2, -0.15) is 10.1 Å². The van der Waals surface area contributed by atoms with E-state index in [1.807, 2.05) is 0 Å². The molecule has 1 saturated heterocycles. The minimum atomic E-state index is -2.20. The molecule has 4 atom stereocenters. The molecule has 12 heteroatoms. The highest BCUT2D eigenvalue weighted by Gasteiger charge is 2.52. The van der Waals surface area contributed by atoms with Crippen LogP contribution in [0, 0.1) is 0 Å². The molecule has 0 amide bonds. The van der Waals surface area contributed by atoms with E-state index in [2.05, 4.69) is 82.8 Å². The molecule has 0 bridgehead atoms. The molecule has 36 heavy (non-hydrogen) atoms. The summed E-state index contributed by atoms with van der Waals surface area (Å²) in [5.74, 6) is 0.382. The van der Waals surface area contributed by atoms with Crippen molar-refractivity contribution in [1.82, 2.24) is 24.3 Å². The molecule has 0 spiro atoms. The zero-order valence-corrected chi connectivity index (χ0v) is 25.6. The number of aromatic nitrogens is 5. The Kier molecular flexibility index (Phi) is 8.19. The standard InChI is InChI=1S/C24H43N5O5Si2/c1-23(2,3)35(8,9)32-14-17-19(34-36(10,11)24(4,5)6)20(31-7)21(33-17)28-13-12-18(27-22(28)30)29-16-25-15-26-29/h12-13,15-17,19-21H,14H2,1-11H3/t17-,19+,20?,21-/m1/s1. The van der Waals surface area contributed by atoms with Gasteiger partial charge in [0, 0.05) is 13.3 Å². The minimum Gasteiger partial charge on any atom is -0.414 e. The lowest BCUT2D eigenvalue weighted by atomic mass is 10.1. The smallest absolute Gasteiger partial charge is 0.351 e. The monoisotopic (exact) mass is 537 g/mol. The summed E-state index contributed by atoms with van der Waals surface area (Å²) in [7, 11) is -2.61. The molecule has 0 N–H and O–H groups in total. The normalized spacial score (nSPS) is 23.9. The lowest BCUT2D eigenvalue weighted by molar-refractivity contribution is -0.0612. The second-order valence-electron chi connectivity index (χ2n) is 12.5. The van der Waals surface area contributed by atoms with Crippen LogP contribution in [0.4, 0.5) is 0 Å². The van der Waals surface area contributed by atoms with Crippen molar-refractivity contribution in [2.45, 2.75) is 102 Å². The number of ether oxygens (including phenoxy) is 2. The first-order valence-corrected chi connectivity index (χ1v) is 18.2. The van der Waals surface area contributed by atoms with Gasteiger partial charge in [0.1, 0.15) is 31.0 Å². The predicted molar refractivity (Wildman–Crippen MR) is 143 cm³/mol. The third-order valence-corrected chi connectivity index (χ3v) is 16.9. The first-order chi connectivity index (χ1) is 16.5. The predicted octanol–water partition coefficient (Wildman–Crippen LogP) is 4.15. The molecule has 1 unspecified atom stereocenters. The van der Waals surface area contributed by atoms with Crippen LogP contribution in [0.15, 0.2) is 29.7 Å². The van der Waals surface area contributed by atoms with Gasteiger partial charge in [0.05, 0.1) is 6.61 Å². The number of methoxy groups -OCH3 is 1. The fourth-order valence-corrected chi connectivity index (χ4v) is 5.87. The van der Waals surface area contributed by atoms with Crippen LogP contribution >= 0.6 is 0 Å². The van der Waals surface area contributed by atoms with E-state index in [-0.39, 0.29) is 10.1 Å². The van der Waals surface area contributed by atoms with Gasteiger partial charge in [0.15, 0.2) is 28.7 Å². The van der Waals surface area contributed by atoms with Crippen molar-refractivity contribution in [2.75, 3.05) is 13.7 Å². The SMILES string of the molecule is COC1[C@@H](O[Si](C)(C)C(C)(C)C)[C@@H](CO[Si](C)(C)C(C)(C)C)O[C@H]1n1ccc(-n2cncn2)nc1=O. The van der Waals surface area contributed by atoms with Gasteiger partial charge >= 0.3 is 5.69 Å². The van der Waals surface area contributed by atoms with Crippen molar-refractivity contribution < 1.29 is 18.3 Å². The third kappa shape index (κ3) is 5.89. The van der Waals surface area contributed by atoms with Crippen molar-refractivity contribution in [2.24, 2.45) is 0 Å². The molecule has 2 aromatic heterocycles. The lowest BCUT2D eigenvalue weighted by Gasteiger charge is -2.41. The Balaban J connectivity index is 1.95. The van der Waals surface area contributed by atoms with Gasteiger partial charge in [-0.1, -0.05) is 41.5 Å². The van der Waals surface area contributed by atoms with Crippen LogP contribution < -0.4 is 5.69 Å². The van der Waals surface area contributed by atoms with Gasteiger partial charge in [-0.05, 0) is 42.3 Å². The summed E-state index contributed by atoms with van der Waals surface area (Å²) in [5, 5.41) is 4.10. The van der Waals surface area contributed by atoms with Gasteiger partial charge in [-0.25, -0.2) is 14.5 Å². The maximum absolute atomic E-state index is 13.1. The zero-order valence-electron chi connectivity index (χ0n) is 23.6. The van der Waals surface area contributed by atoms with Crippen molar-refractivity contribution >= 4 is 16.6 Å². The number of hydrogen-bond donors (Lipinski definition) is 0. The highest BCUT2D eigenvalue weighted by atomic mass is 28.4. The molecular weight excluding hydrogens is 494 g/mol. The lowest BCUT2D eigenvalue weighted by Crippen LogP contribution is -2.51. The van der Waals surface area contributed by atoms with Gasteiger partial charge in [-0.3, -0.25) is 4.57 Å². The van der Waals surface area contributed by atoms with E-state index in [9.17, 15) is 4.79 Å². The Labute approximate surface area is 216 Å². The number of rotatable bonds is 8. The van der Waals surface area contributed by atoms with E-state index in [1.165, 1.54) is 21.9 Å². The van der Waals surface area contributed by atoms with E-state index in [0.717, 1.165) is 0 Å². The molecule has 10 nitrogen and oxygen atoms in total. The molecule has 3 heterocycles. The largest absolute Gasteiger partial charge is 0.414 e. The Morgan fingerprint density at radius 1 is 1.03 bits per heavy atom. The molecule has 202 valence electrons. The molecule has 1 fully saturated rings. The summed E-state index contributed by atoms with van der Waals surface area (Å²) >= 11 is 0. The fourth-order valence-electron chi connectivity index (χ4n) is 3.53. The third-order valence-electron chi connectivity index (χ3n) is 7.95. The molecule has 0 aliphatic carbocycles. The van der Waals surface area contributed by atoms with Gasteiger partial charge in [0.2, 0.25) is 0 Å². The molecule has 2 aromatic rings. The number of hydrogen-bond acceptors (Lipinski definition) is 8. The summed E-state index contributed by atoms with van der Waals surface area (Å²) < 4.78 is 28.8. The highest BCUT2D eigenvalue weighted by molar-refractivity contribution is 6.74. The Morgan fingerprint density at radius 3 is 2.17 bits per heavy atom.